The molecule has 0 saturated carbocycles. The summed E-state index contributed by atoms with van der Waals surface area (Å²) in [5.41, 5.74) is 5.04. The van der Waals surface area contributed by atoms with Crippen LogP contribution in [-0.2, 0) is 18.4 Å². The van der Waals surface area contributed by atoms with Crippen LogP contribution in [0.4, 0.5) is 0 Å². The van der Waals surface area contributed by atoms with Crippen molar-refractivity contribution < 1.29 is 4.79 Å². The SMILES string of the molecule is Cc1nnc(CNCCCCC(N)=O)n1C. The monoisotopic (exact) mass is 225 g/mol. The Balaban J connectivity index is 2.12. The molecule has 0 aliphatic carbocycles. The van der Waals surface area contributed by atoms with Gasteiger partial charge >= 0.3 is 0 Å². The van der Waals surface area contributed by atoms with E-state index in [4.69, 9.17) is 5.73 Å². The molecule has 6 nitrogen and oxygen atoms in total. The maximum atomic E-state index is 10.5. The number of carbonyl (C=O) groups is 1. The lowest BCUT2D eigenvalue weighted by atomic mass is 10.2. The molecule has 1 aromatic heterocycles. The van der Waals surface area contributed by atoms with Crippen LogP contribution in [0, 0.1) is 6.92 Å². The van der Waals surface area contributed by atoms with Crippen LogP contribution in [0.3, 0.4) is 0 Å². The van der Waals surface area contributed by atoms with Gasteiger partial charge in [0.15, 0.2) is 0 Å². The van der Waals surface area contributed by atoms with Gasteiger partial charge in [-0.15, -0.1) is 10.2 Å². The number of nitrogens with zero attached hydrogens (tertiary/aromatic N) is 3. The van der Waals surface area contributed by atoms with Crippen LogP contribution in [-0.4, -0.2) is 27.2 Å². The van der Waals surface area contributed by atoms with Gasteiger partial charge in [-0.05, 0) is 26.3 Å². The van der Waals surface area contributed by atoms with Gasteiger partial charge in [-0.3, -0.25) is 4.79 Å². The van der Waals surface area contributed by atoms with E-state index in [1.807, 2.05) is 18.5 Å². The highest BCUT2D eigenvalue weighted by Crippen LogP contribution is 1.97. The van der Waals surface area contributed by atoms with Crippen LogP contribution in [0.2, 0.25) is 0 Å². The molecule has 1 amide bonds. The molecule has 0 fully saturated rings. The van der Waals surface area contributed by atoms with Gasteiger partial charge < -0.3 is 15.6 Å². The first-order valence-electron chi connectivity index (χ1n) is 5.45. The summed E-state index contributed by atoms with van der Waals surface area (Å²) in [6.07, 6.45) is 2.24. The van der Waals surface area contributed by atoms with Crippen molar-refractivity contribution in [3.8, 4) is 0 Å². The molecule has 1 aromatic rings. The summed E-state index contributed by atoms with van der Waals surface area (Å²) in [5, 5.41) is 11.3. The van der Waals surface area contributed by atoms with Crippen LogP contribution in [0.15, 0.2) is 0 Å². The van der Waals surface area contributed by atoms with Gasteiger partial charge in [0.1, 0.15) is 11.6 Å². The van der Waals surface area contributed by atoms with Crippen molar-refractivity contribution in [3.05, 3.63) is 11.6 Å². The smallest absolute Gasteiger partial charge is 0.217 e. The molecule has 0 spiro atoms. The van der Waals surface area contributed by atoms with E-state index in [9.17, 15) is 4.79 Å². The highest BCUT2D eigenvalue weighted by Gasteiger charge is 2.03. The van der Waals surface area contributed by atoms with Crippen molar-refractivity contribution in [2.24, 2.45) is 12.8 Å². The Morgan fingerprint density at radius 2 is 2.19 bits per heavy atom. The van der Waals surface area contributed by atoms with Crippen molar-refractivity contribution in [1.82, 2.24) is 20.1 Å². The quantitative estimate of drug-likeness (QED) is 0.633. The van der Waals surface area contributed by atoms with Gasteiger partial charge in [-0.25, -0.2) is 0 Å². The number of primary amides is 1. The van der Waals surface area contributed by atoms with Gasteiger partial charge in [-0.2, -0.15) is 0 Å². The Labute approximate surface area is 95.2 Å². The number of hydrogen-bond acceptors (Lipinski definition) is 4. The average molecular weight is 225 g/mol. The van der Waals surface area contributed by atoms with Crippen molar-refractivity contribution in [3.63, 3.8) is 0 Å². The van der Waals surface area contributed by atoms with E-state index < -0.39 is 0 Å². The number of aromatic nitrogens is 3. The summed E-state index contributed by atoms with van der Waals surface area (Å²) in [6, 6.07) is 0. The minimum absolute atomic E-state index is 0.232. The third kappa shape index (κ3) is 3.98. The van der Waals surface area contributed by atoms with Crippen LogP contribution >= 0.6 is 0 Å². The topological polar surface area (TPSA) is 85.8 Å². The van der Waals surface area contributed by atoms with Crippen molar-refractivity contribution in [2.45, 2.75) is 32.7 Å². The van der Waals surface area contributed by atoms with E-state index in [0.29, 0.717) is 13.0 Å². The van der Waals surface area contributed by atoms with Crippen molar-refractivity contribution >= 4 is 5.91 Å². The Hall–Kier alpha value is -1.43. The number of nitrogens with one attached hydrogen (secondary N) is 1. The maximum Gasteiger partial charge on any atom is 0.217 e. The van der Waals surface area contributed by atoms with E-state index in [1.54, 1.807) is 0 Å². The molecular formula is C10H19N5O. The molecule has 6 heteroatoms. The predicted octanol–water partition coefficient (Wildman–Crippen LogP) is -0.131. The molecule has 0 atom stereocenters. The molecule has 0 saturated heterocycles. The number of aryl methyl sites for hydroxylation is 1. The Morgan fingerprint density at radius 3 is 2.75 bits per heavy atom. The second-order valence-corrected chi connectivity index (χ2v) is 3.82. The normalized spacial score (nSPS) is 10.6. The zero-order chi connectivity index (χ0) is 12.0. The lowest BCUT2D eigenvalue weighted by Gasteiger charge is -2.04. The van der Waals surface area contributed by atoms with Crippen LogP contribution < -0.4 is 11.1 Å². The zero-order valence-corrected chi connectivity index (χ0v) is 9.86. The summed E-state index contributed by atoms with van der Waals surface area (Å²) in [5.74, 6) is 1.60. The fourth-order valence-corrected chi connectivity index (χ4v) is 1.35. The average Bonchev–Trinajstić information content (AvgIpc) is 2.54. The summed E-state index contributed by atoms with van der Waals surface area (Å²) in [4.78, 5) is 10.5. The van der Waals surface area contributed by atoms with E-state index in [-0.39, 0.29) is 5.91 Å². The first-order chi connectivity index (χ1) is 7.61. The summed E-state index contributed by atoms with van der Waals surface area (Å²) in [7, 11) is 1.94. The molecule has 1 heterocycles. The minimum atomic E-state index is -0.232. The zero-order valence-electron chi connectivity index (χ0n) is 9.86. The van der Waals surface area contributed by atoms with Gasteiger partial charge in [0, 0.05) is 13.5 Å². The number of hydrogen-bond donors (Lipinski definition) is 2. The number of rotatable bonds is 7. The van der Waals surface area contributed by atoms with Crippen LogP contribution in [0.25, 0.3) is 0 Å². The molecule has 90 valence electrons. The Kier molecular flexibility index (Phi) is 4.91. The number of carbonyl (C=O) groups excluding carboxylic acids is 1. The third-order valence-corrected chi connectivity index (χ3v) is 2.49. The van der Waals surface area contributed by atoms with Crippen molar-refractivity contribution in [2.75, 3.05) is 6.54 Å². The fraction of sp³-hybridized carbons (Fsp3) is 0.700. The third-order valence-electron chi connectivity index (χ3n) is 2.49. The molecule has 0 aromatic carbocycles. The second-order valence-electron chi connectivity index (χ2n) is 3.82. The highest BCUT2D eigenvalue weighted by atomic mass is 16.1. The van der Waals surface area contributed by atoms with E-state index in [2.05, 4.69) is 15.5 Å². The number of nitrogens with two attached hydrogens (primary N) is 1. The molecule has 0 unspecified atom stereocenters. The van der Waals surface area contributed by atoms with Crippen LogP contribution in [0.5, 0.6) is 0 Å². The molecule has 16 heavy (non-hydrogen) atoms. The van der Waals surface area contributed by atoms with Gasteiger partial charge in [0.05, 0.1) is 6.54 Å². The Morgan fingerprint density at radius 1 is 1.44 bits per heavy atom. The highest BCUT2D eigenvalue weighted by molar-refractivity contribution is 5.73. The molecule has 0 bridgehead atoms. The molecule has 3 N–H and O–H groups in total. The van der Waals surface area contributed by atoms with E-state index in [1.165, 1.54) is 0 Å². The first kappa shape index (κ1) is 12.6. The number of unbranched alkanes of at least 4 members (excludes halogenated alkanes) is 1. The standard InChI is InChI=1S/C10H19N5O/c1-8-13-14-10(15(8)2)7-12-6-4-3-5-9(11)16/h12H,3-7H2,1-2H3,(H2,11,16). The maximum absolute atomic E-state index is 10.5. The molecule has 0 aliphatic heterocycles. The summed E-state index contributed by atoms with van der Waals surface area (Å²) >= 11 is 0. The summed E-state index contributed by atoms with van der Waals surface area (Å²) < 4.78 is 1.95. The van der Waals surface area contributed by atoms with Gasteiger partial charge in [-0.1, -0.05) is 0 Å². The molecular weight excluding hydrogens is 206 g/mol. The second kappa shape index (κ2) is 6.22. The van der Waals surface area contributed by atoms with Gasteiger partial charge in [0.2, 0.25) is 5.91 Å². The lowest BCUT2D eigenvalue weighted by molar-refractivity contribution is -0.118. The lowest BCUT2D eigenvalue weighted by Crippen LogP contribution is -2.18. The first-order valence-corrected chi connectivity index (χ1v) is 5.45. The largest absolute Gasteiger partial charge is 0.370 e. The van der Waals surface area contributed by atoms with Gasteiger partial charge in [0.25, 0.3) is 0 Å². The number of amides is 1. The fourth-order valence-electron chi connectivity index (χ4n) is 1.35. The predicted molar refractivity (Wildman–Crippen MR) is 60.5 cm³/mol. The van der Waals surface area contributed by atoms with Crippen LogP contribution in [0.1, 0.15) is 30.9 Å². The molecule has 0 aliphatic rings. The minimum Gasteiger partial charge on any atom is -0.370 e. The van der Waals surface area contributed by atoms with Crippen molar-refractivity contribution in [1.29, 1.82) is 0 Å². The molecule has 1 rings (SSSR count). The Bertz CT molecular complexity index is 347. The summed E-state index contributed by atoms with van der Waals surface area (Å²) in [6.45, 7) is 3.48. The van der Waals surface area contributed by atoms with E-state index >= 15 is 0 Å². The molecule has 0 radical (unpaired) electrons. The van der Waals surface area contributed by atoms with E-state index in [0.717, 1.165) is 31.0 Å².